The molecule has 0 unspecified atom stereocenters. The van der Waals surface area contributed by atoms with E-state index in [9.17, 15) is 9.59 Å². The summed E-state index contributed by atoms with van der Waals surface area (Å²) in [7, 11) is 3.37. The van der Waals surface area contributed by atoms with Crippen LogP contribution in [-0.2, 0) is 17.6 Å². The number of aromatic amines is 1. The molecular weight excluding hydrogens is 472 g/mol. The first-order valence-corrected chi connectivity index (χ1v) is 12.6. The van der Waals surface area contributed by atoms with Crippen molar-refractivity contribution < 1.29 is 14.3 Å². The van der Waals surface area contributed by atoms with E-state index in [4.69, 9.17) is 21.1 Å². The SMILES string of the molecule is COc1cc(Cl)c2[nH]c(=O)c3c(c2c1-c1ccc(CCN(C)C(=O)OC(C)(C)C)cc1)CCS3. The minimum Gasteiger partial charge on any atom is -0.496 e. The molecule has 3 aromatic rings. The molecule has 1 aromatic heterocycles. The van der Waals surface area contributed by atoms with Gasteiger partial charge in [-0.2, -0.15) is 0 Å². The van der Waals surface area contributed by atoms with Gasteiger partial charge in [-0.05, 0) is 50.3 Å². The van der Waals surface area contributed by atoms with E-state index < -0.39 is 5.60 Å². The average Bonchev–Trinajstić information content (AvgIpc) is 3.28. The number of H-pyrrole nitrogens is 1. The lowest BCUT2D eigenvalue weighted by atomic mass is 9.94. The molecule has 1 amide bonds. The maximum Gasteiger partial charge on any atom is 0.410 e. The highest BCUT2D eigenvalue weighted by Gasteiger charge is 2.25. The second kappa shape index (κ2) is 9.55. The molecule has 4 rings (SSSR count). The van der Waals surface area contributed by atoms with Crippen molar-refractivity contribution in [3.05, 3.63) is 56.8 Å². The number of carbonyl (C=O) groups excluding carboxylic acids is 1. The number of likely N-dealkylation sites (N-methyl/N-ethyl adjacent to an activating group) is 1. The monoisotopic (exact) mass is 500 g/mol. The summed E-state index contributed by atoms with van der Waals surface area (Å²) >= 11 is 8.12. The Morgan fingerprint density at radius 2 is 1.94 bits per heavy atom. The number of pyridine rings is 1. The van der Waals surface area contributed by atoms with E-state index in [2.05, 4.69) is 17.1 Å². The quantitative estimate of drug-likeness (QED) is 0.471. The van der Waals surface area contributed by atoms with Gasteiger partial charge in [0.25, 0.3) is 5.56 Å². The minimum atomic E-state index is -0.517. The van der Waals surface area contributed by atoms with Crippen LogP contribution in [0.3, 0.4) is 0 Å². The summed E-state index contributed by atoms with van der Waals surface area (Å²) in [5.41, 5.74) is 4.08. The van der Waals surface area contributed by atoms with Gasteiger partial charge in [-0.15, -0.1) is 11.8 Å². The van der Waals surface area contributed by atoms with Gasteiger partial charge in [-0.1, -0.05) is 35.9 Å². The van der Waals surface area contributed by atoms with Crippen molar-refractivity contribution in [3.8, 4) is 16.9 Å². The molecule has 0 spiro atoms. The molecule has 1 aliphatic heterocycles. The van der Waals surface area contributed by atoms with Crippen LogP contribution in [0.25, 0.3) is 22.0 Å². The van der Waals surface area contributed by atoms with Crippen molar-refractivity contribution in [1.82, 2.24) is 9.88 Å². The van der Waals surface area contributed by atoms with Crippen molar-refractivity contribution in [2.75, 3.05) is 26.5 Å². The van der Waals surface area contributed by atoms with Crippen LogP contribution in [-0.4, -0.2) is 48.0 Å². The third-order valence-corrected chi connectivity index (χ3v) is 7.19. The maximum atomic E-state index is 12.6. The fraction of sp³-hybridized carbons (Fsp3) is 0.385. The number of aromatic nitrogens is 1. The summed E-state index contributed by atoms with van der Waals surface area (Å²) in [5, 5.41) is 1.41. The second-order valence-electron chi connectivity index (χ2n) is 9.39. The lowest BCUT2D eigenvalue weighted by molar-refractivity contribution is 0.0301. The first-order valence-electron chi connectivity index (χ1n) is 11.2. The molecule has 0 saturated carbocycles. The zero-order valence-electron chi connectivity index (χ0n) is 20.1. The highest BCUT2D eigenvalue weighted by molar-refractivity contribution is 7.99. The number of methoxy groups -OCH3 is 1. The van der Waals surface area contributed by atoms with Gasteiger partial charge in [-0.3, -0.25) is 4.79 Å². The molecule has 0 saturated heterocycles. The molecule has 2 aromatic carbocycles. The van der Waals surface area contributed by atoms with Gasteiger partial charge in [0.1, 0.15) is 11.4 Å². The second-order valence-corrected chi connectivity index (χ2v) is 10.9. The topological polar surface area (TPSA) is 71.6 Å². The van der Waals surface area contributed by atoms with Gasteiger partial charge in [0.2, 0.25) is 0 Å². The Kier molecular flexibility index (Phi) is 6.87. The molecule has 0 fully saturated rings. The number of nitrogens with one attached hydrogen (secondary N) is 1. The van der Waals surface area contributed by atoms with Crippen molar-refractivity contribution in [1.29, 1.82) is 0 Å². The molecule has 0 atom stereocenters. The van der Waals surface area contributed by atoms with Crippen LogP contribution in [0.5, 0.6) is 5.75 Å². The summed E-state index contributed by atoms with van der Waals surface area (Å²) in [6, 6.07) is 9.96. The summed E-state index contributed by atoms with van der Waals surface area (Å²) < 4.78 is 11.1. The van der Waals surface area contributed by atoms with E-state index in [1.54, 1.807) is 36.9 Å². The first kappa shape index (κ1) is 24.5. The number of rotatable bonds is 5. The maximum absolute atomic E-state index is 12.6. The highest BCUT2D eigenvalue weighted by Crippen LogP contribution is 2.44. The molecule has 180 valence electrons. The van der Waals surface area contributed by atoms with Crippen molar-refractivity contribution in [3.63, 3.8) is 0 Å². The van der Waals surface area contributed by atoms with Crippen LogP contribution in [0.4, 0.5) is 4.79 Å². The standard InChI is InChI=1S/C26H29ClN2O4S/c1-26(2,3)33-25(31)29(4)12-10-15-6-8-16(9-7-15)20-19(32-5)14-18(27)22-21(20)17-11-13-34-23(17)24(30)28-22/h6-9,14H,10-13H2,1-5H3,(H,28,30). The molecular formula is C26H29ClN2O4S. The summed E-state index contributed by atoms with van der Waals surface area (Å²) in [6.45, 7) is 6.12. The van der Waals surface area contributed by atoms with Crippen molar-refractivity contribution in [2.45, 2.75) is 44.1 Å². The zero-order chi connectivity index (χ0) is 24.6. The van der Waals surface area contributed by atoms with Crippen LogP contribution < -0.4 is 10.3 Å². The lowest BCUT2D eigenvalue weighted by Crippen LogP contribution is -2.35. The Hall–Kier alpha value is -2.64. The van der Waals surface area contributed by atoms with Crippen LogP contribution in [0.2, 0.25) is 5.02 Å². The molecule has 0 bridgehead atoms. The van der Waals surface area contributed by atoms with Gasteiger partial charge in [0.05, 0.1) is 22.5 Å². The highest BCUT2D eigenvalue weighted by atomic mass is 35.5. The Morgan fingerprint density at radius 1 is 1.24 bits per heavy atom. The van der Waals surface area contributed by atoms with Gasteiger partial charge in [-0.25, -0.2) is 4.79 Å². The molecule has 6 nitrogen and oxygen atoms in total. The number of thioether (sulfide) groups is 1. The Balaban J connectivity index is 1.66. The number of hydrogen-bond acceptors (Lipinski definition) is 5. The van der Waals surface area contributed by atoms with Gasteiger partial charge in [0.15, 0.2) is 0 Å². The van der Waals surface area contributed by atoms with Crippen molar-refractivity contribution >= 4 is 40.4 Å². The van der Waals surface area contributed by atoms with Crippen LogP contribution in [0, 0.1) is 0 Å². The fourth-order valence-corrected chi connectivity index (χ4v) is 5.44. The molecule has 1 N–H and O–H groups in total. The number of carbonyl (C=O) groups is 1. The third kappa shape index (κ3) is 4.91. The van der Waals surface area contributed by atoms with Crippen molar-refractivity contribution in [2.24, 2.45) is 0 Å². The fourth-order valence-electron chi connectivity index (χ4n) is 4.13. The molecule has 0 aliphatic carbocycles. The average molecular weight is 501 g/mol. The number of nitrogens with zero attached hydrogens (tertiary/aromatic N) is 1. The molecule has 8 heteroatoms. The number of fused-ring (bicyclic) bond motifs is 3. The molecule has 0 radical (unpaired) electrons. The van der Waals surface area contributed by atoms with Crippen LogP contribution in [0.1, 0.15) is 31.9 Å². The summed E-state index contributed by atoms with van der Waals surface area (Å²) in [6.07, 6.45) is 1.18. The van der Waals surface area contributed by atoms with Crippen LogP contribution in [0.15, 0.2) is 40.0 Å². The predicted octanol–water partition coefficient (Wildman–Crippen LogP) is 5.91. The van der Waals surface area contributed by atoms with E-state index in [1.807, 2.05) is 32.9 Å². The van der Waals surface area contributed by atoms with Crippen LogP contribution >= 0.6 is 23.4 Å². The van der Waals surface area contributed by atoms with E-state index in [-0.39, 0.29) is 11.7 Å². The number of hydrogen-bond donors (Lipinski definition) is 1. The normalized spacial score (nSPS) is 13.1. The van der Waals surface area contributed by atoms with Gasteiger partial charge in [0, 0.05) is 36.4 Å². The van der Waals surface area contributed by atoms with E-state index in [0.29, 0.717) is 29.3 Å². The molecule has 34 heavy (non-hydrogen) atoms. The number of benzene rings is 2. The smallest absolute Gasteiger partial charge is 0.410 e. The summed E-state index contributed by atoms with van der Waals surface area (Å²) in [4.78, 5) is 30.1. The zero-order valence-corrected chi connectivity index (χ0v) is 21.7. The van der Waals surface area contributed by atoms with Gasteiger partial charge < -0.3 is 19.4 Å². The third-order valence-electron chi connectivity index (χ3n) is 5.77. The Labute approximate surface area is 208 Å². The van der Waals surface area contributed by atoms with E-state index >= 15 is 0 Å². The number of amides is 1. The lowest BCUT2D eigenvalue weighted by Gasteiger charge is -2.24. The van der Waals surface area contributed by atoms with E-state index in [1.165, 1.54) is 0 Å². The van der Waals surface area contributed by atoms with Gasteiger partial charge >= 0.3 is 6.09 Å². The predicted molar refractivity (Wildman–Crippen MR) is 139 cm³/mol. The Morgan fingerprint density at radius 3 is 2.59 bits per heavy atom. The summed E-state index contributed by atoms with van der Waals surface area (Å²) in [5.74, 6) is 1.54. The molecule has 2 heterocycles. The number of ether oxygens (including phenoxy) is 2. The number of aryl methyl sites for hydroxylation is 1. The molecule has 1 aliphatic rings. The van der Waals surface area contributed by atoms with E-state index in [0.717, 1.165) is 44.7 Å². The minimum absolute atomic E-state index is 0.0903. The number of halogens is 1. The Bertz CT molecular complexity index is 1300. The largest absolute Gasteiger partial charge is 0.496 e. The first-order chi connectivity index (χ1) is 16.1.